The Morgan fingerprint density at radius 2 is 0.818 bits per heavy atom. The van der Waals surface area contributed by atoms with Crippen LogP contribution in [0.5, 0.6) is 0 Å². The molecule has 0 aliphatic carbocycles. The normalized spacial score (nSPS) is 17.8. The molecule has 1 atom stereocenters. The SMILES string of the molecule is CCCCC(C)(I)CC(F)(F)C(F)(F)C(F)(F)C(F)(F)C(F)(F)C(F)(F)C(F)(F)C(F)(F)F. The molecule has 0 radical (unpaired) electrons. The highest BCUT2D eigenvalue weighted by molar-refractivity contribution is 14.1. The second kappa shape index (κ2) is 8.89. The molecule has 0 nitrogen and oxygen atoms in total. The largest absolute Gasteiger partial charge is 0.460 e. The minimum atomic E-state index is -8.59. The number of alkyl halides is 18. The van der Waals surface area contributed by atoms with Gasteiger partial charge in [-0.05, 0) is 6.42 Å². The van der Waals surface area contributed by atoms with Crippen molar-refractivity contribution in [3.8, 4) is 0 Å². The van der Waals surface area contributed by atoms with Crippen molar-refractivity contribution in [2.45, 2.75) is 90.6 Å². The summed E-state index contributed by atoms with van der Waals surface area (Å²) in [4.78, 5) is 0. The van der Waals surface area contributed by atoms with Crippen molar-refractivity contribution in [1.29, 1.82) is 0 Å². The molecule has 0 aromatic heterocycles. The number of hydrogen-bond donors (Lipinski definition) is 0. The van der Waals surface area contributed by atoms with E-state index in [0.717, 1.165) is 29.5 Å². The van der Waals surface area contributed by atoms with Gasteiger partial charge in [0.1, 0.15) is 0 Å². The molecule has 0 bridgehead atoms. The van der Waals surface area contributed by atoms with Crippen LogP contribution >= 0.6 is 22.6 Å². The summed E-state index contributed by atoms with van der Waals surface area (Å²) in [6.45, 7) is 2.21. The van der Waals surface area contributed by atoms with E-state index in [-0.39, 0.29) is 12.8 Å². The minimum Gasteiger partial charge on any atom is -0.200 e. The molecule has 0 amide bonds. The van der Waals surface area contributed by atoms with Gasteiger partial charge >= 0.3 is 47.6 Å². The highest BCUT2D eigenvalue weighted by atomic mass is 127. The van der Waals surface area contributed by atoms with Gasteiger partial charge in [0.15, 0.2) is 0 Å². The molecule has 0 rings (SSSR count). The summed E-state index contributed by atoms with van der Waals surface area (Å²) in [7, 11) is 0. The van der Waals surface area contributed by atoms with E-state index in [9.17, 15) is 74.6 Å². The van der Waals surface area contributed by atoms with Gasteiger partial charge in [-0.2, -0.15) is 74.6 Å². The standard InChI is InChI=1S/C15H14F17I/c1-3-4-5-7(2,33)6-8(16,17)9(18,19)10(20,21)11(22,23)12(24,25)13(26,27)14(28,29)15(30,31)32/h3-6H2,1-2H3. The lowest BCUT2D eigenvalue weighted by atomic mass is 9.86. The van der Waals surface area contributed by atoms with Crippen LogP contribution in [0.25, 0.3) is 0 Å². The summed E-state index contributed by atoms with van der Waals surface area (Å²) in [6, 6.07) is 0. The van der Waals surface area contributed by atoms with Gasteiger partial charge < -0.3 is 0 Å². The first-order valence-corrected chi connectivity index (χ1v) is 9.50. The molecule has 0 spiro atoms. The molecular formula is C15H14F17I. The Morgan fingerprint density at radius 3 is 1.12 bits per heavy atom. The van der Waals surface area contributed by atoms with Crippen molar-refractivity contribution in [3.63, 3.8) is 0 Å². The van der Waals surface area contributed by atoms with Crippen molar-refractivity contribution in [1.82, 2.24) is 0 Å². The zero-order valence-electron chi connectivity index (χ0n) is 16.1. The fraction of sp³-hybridized carbons (Fsp3) is 1.00. The van der Waals surface area contributed by atoms with Crippen molar-refractivity contribution in [2.24, 2.45) is 0 Å². The second-order valence-corrected chi connectivity index (χ2v) is 9.95. The molecule has 0 saturated carbocycles. The topological polar surface area (TPSA) is 0 Å². The molecule has 0 aromatic rings. The molecule has 1 unspecified atom stereocenters. The van der Waals surface area contributed by atoms with E-state index in [2.05, 4.69) is 0 Å². The van der Waals surface area contributed by atoms with Gasteiger partial charge in [-0.1, -0.05) is 49.3 Å². The summed E-state index contributed by atoms with van der Waals surface area (Å²) >= 11 is 1.02. The third-order valence-corrected chi connectivity index (χ3v) is 5.35. The van der Waals surface area contributed by atoms with E-state index < -0.39 is 63.9 Å². The minimum absolute atomic E-state index is 0.00443. The van der Waals surface area contributed by atoms with Gasteiger partial charge in [-0.3, -0.25) is 0 Å². The average Bonchev–Trinajstić information content (AvgIpc) is 2.57. The first-order valence-electron chi connectivity index (χ1n) is 8.42. The lowest BCUT2D eigenvalue weighted by molar-refractivity contribution is -0.462. The Morgan fingerprint density at radius 1 is 0.515 bits per heavy atom. The quantitative estimate of drug-likeness (QED) is 0.120. The summed E-state index contributed by atoms with van der Waals surface area (Å²) in [6.07, 6.45) is -10.3. The third-order valence-electron chi connectivity index (χ3n) is 4.43. The fourth-order valence-electron chi connectivity index (χ4n) is 2.40. The molecule has 0 fully saturated rings. The van der Waals surface area contributed by atoms with Gasteiger partial charge in [0.2, 0.25) is 0 Å². The van der Waals surface area contributed by atoms with E-state index in [0.29, 0.717) is 0 Å². The Hall–Kier alpha value is -0.460. The van der Waals surface area contributed by atoms with E-state index in [1.54, 1.807) is 0 Å². The number of unbranched alkanes of at least 4 members (excludes halogenated alkanes) is 1. The van der Waals surface area contributed by atoms with Crippen LogP contribution in [-0.2, 0) is 0 Å². The molecule has 18 heteroatoms. The lowest BCUT2D eigenvalue weighted by Crippen LogP contribution is -2.74. The lowest BCUT2D eigenvalue weighted by Gasteiger charge is -2.43. The zero-order chi connectivity index (χ0) is 27.3. The van der Waals surface area contributed by atoms with Gasteiger partial charge in [0.25, 0.3) is 0 Å². The van der Waals surface area contributed by atoms with E-state index in [1.165, 1.54) is 6.92 Å². The van der Waals surface area contributed by atoms with E-state index >= 15 is 0 Å². The highest BCUT2D eigenvalue weighted by Crippen LogP contribution is 2.64. The monoisotopic (exact) mass is 644 g/mol. The predicted octanol–water partition coefficient (Wildman–Crippen LogP) is 8.77. The molecule has 33 heavy (non-hydrogen) atoms. The zero-order valence-corrected chi connectivity index (χ0v) is 18.3. The summed E-state index contributed by atoms with van der Waals surface area (Å²) < 4.78 is 222. The van der Waals surface area contributed by atoms with Crippen molar-refractivity contribution in [3.05, 3.63) is 0 Å². The maximum Gasteiger partial charge on any atom is 0.460 e. The summed E-state index contributed by atoms with van der Waals surface area (Å²) in [5, 5.41) is 0. The predicted molar refractivity (Wildman–Crippen MR) is 87.3 cm³/mol. The molecule has 0 N–H and O–H groups in total. The van der Waals surface area contributed by atoms with Gasteiger partial charge in [0.05, 0.1) is 0 Å². The Kier molecular flexibility index (Phi) is 8.76. The maximum atomic E-state index is 13.9. The van der Waals surface area contributed by atoms with Gasteiger partial charge in [-0.15, -0.1) is 0 Å². The first kappa shape index (κ1) is 32.5. The second-order valence-electron chi connectivity index (χ2n) is 7.34. The molecule has 0 aliphatic heterocycles. The number of rotatable bonds is 11. The van der Waals surface area contributed by atoms with E-state index in [4.69, 9.17) is 0 Å². The van der Waals surface area contributed by atoms with Crippen LogP contribution in [-0.4, -0.2) is 51.1 Å². The average molecular weight is 644 g/mol. The smallest absolute Gasteiger partial charge is 0.200 e. The van der Waals surface area contributed by atoms with Crippen LogP contribution in [0.1, 0.15) is 39.5 Å². The van der Waals surface area contributed by atoms with Gasteiger partial charge in [-0.25, -0.2) is 0 Å². The highest BCUT2D eigenvalue weighted by Gasteiger charge is 2.95. The van der Waals surface area contributed by atoms with Crippen LogP contribution in [0.15, 0.2) is 0 Å². The number of halogens is 18. The Bertz CT molecular complexity index is 676. The van der Waals surface area contributed by atoms with Crippen LogP contribution in [0.3, 0.4) is 0 Å². The molecule has 0 aliphatic rings. The Labute approximate surface area is 188 Å². The van der Waals surface area contributed by atoms with Crippen LogP contribution in [0, 0.1) is 0 Å². The summed E-state index contributed by atoms with van der Waals surface area (Å²) in [5.74, 6) is -55.9. The molecular weight excluding hydrogens is 630 g/mol. The van der Waals surface area contributed by atoms with Crippen molar-refractivity contribution < 1.29 is 74.6 Å². The molecule has 200 valence electrons. The summed E-state index contributed by atoms with van der Waals surface area (Å²) in [5.41, 5.74) is 0. The maximum absolute atomic E-state index is 13.9. The van der Waals surface area contributed by atoms with Crippen LogP contribution < -0.4 is 0 Å². The van der Waals surface area contributed by atoms with E-state index in [1.807, 2.05) is 0 Å². The van der Waals surface area contributed by atoms with Crippen LogP contribution in [0.2, 0.25) is 0 Å². The van der Waals surface area contributed by atoms with Crippen molar-refractivity contribution in [2.75, 3.05) is 0 Å². The molecule has 0 saturated heterocycles. The molecule has 0 heterocycles. The number of hydrogen-bond acceptors (Lipinski definition) is 0. The third kappa shape index (κ3) is 5.09. The molecule has 0 aromatic carbocycles. The van der Waals surface area contributed by atoms with Crippen LogP contribution in [0.4, 0.5) is 74.6 Å². The van der Waals surface area contributed by atoms with Gasteiger partial charge in [0, 0.05) is 9.84 Å². The first-order chi connectivity index (χ1) is 14.0. The van der Waals surface area contributed by atoms with Crippen molar-refractivity contribution >= 4 is 22.6 Å². The Balaban J connectivity index is 6.59. The fourth-order valence-corrected chi connectivity index (χ4v) is 3.26.